The number of allylic oxidation sites excluding steroid dienone is 4. The summed E-state index contributed by atoms with van der Waals surface area (Å²) in [6.07, 6.45) is 7.59. The molecule has 4 heteroatoms. The van der Waals surface area contributed by atoms with Crippen molar-refractivity contribution in [2.75, 3.05) is 0 Å². The smallest absolute Gasteiger partial charge is 0.269 e. The van der Waals surface area contributed by atoms with Crippen molar-refractivity contribution < 1.29 is 32.3 Å². The largest absolute Gasteiger partial charge is 0.269 e. The van der Waals surface area contributed by atoms with Crippen LogP contribution in [0.2, 0.25) is 0 Å². The fourth-order valence-electron chi connectivity index (χ4n) is 1.82. The van der Waals surface area contributed by atoms with Crippen LogP contribution in [0.4, 0.5) is 9.41 Å². The van der Waals surface area contributed by atoms with E-state index in [1.165, 1.54) is 9.44 Å². The summed E-state index contributed by atoms with van der Waals surface area (Å²) in [5.41, 5.74) is 1.45. The van der Waals surface area contributed by atoms with Gasteiger partial charge in [-0.3, -0.25) is 9.41 Å². The summed E-state index contributed by atoms with van der Waals surface area (Å²) in [5.74, 6) is 1.06. The van der Waals surface area contributed by atoms with E-state index in [1.54, 1.807) is 0 Å². The molecule has 0 atom stereocenters. The Bertz CT molecular complexity index is 461. The van der Waals surface area contributed by atoms with E-state index >= 15 is 0 Å². The van der Waals surface area contributed by atoms with E-state index in [0.717, 1.165) is 12.2 Å². The van der Waals surface area contributed by atoms with Crippen LogP contribution in [0, 0.1) is 0 Å². The van der Waals surface area contributed by atoms with Gasteiger partial charge in [0, 0.05) is 0 Å². The Morgan fingerprint density at radius 1 is 1.11 bits per heavy atom. The summed E-state index contributed by atoms with van der Waals surface area (Å²) in [7, 11) is 0. The molecule has 0 bridgehead atoms. The summed E-state index contributed by atoms with van der Waals surface area (Å²) in [5, 5.41) is 0. The number of para-hydroxylation sites is 1. The van der Waals surface area contributed by atoms with Crippen LogP contribution in [0.1, 0.15) is 32.8 Å². The third-order valence-electron chi connectivity index (χ3n) is 2.76. The van der Waals surface area contributed by atoms with Crippen LogP contribution in [0.25, 0.3) is 0 Å². The van der Waals surface area contributed by atoms with Gasteiger partial charge < -0.3 is 0 Å². The molecule has 104 valence electrons. The standard InChI is InChI=1S/C10H14O.C5H5.2FH.Ti/c1-10(2,3)8-6-4-5-7-9(8)11;1-2-4-5-3-1;;;/h4-7,11H,1-3H3;1-3H,4H2;2*1H;/q;;;;+1/p-1. The van der Waals surface area contributed by atoms with Crippen LogP contribution >= 0.6 is 0 Å². The normalized spacial score (nSPS) is 13.1. The fourth-order valence-corrected chi connectivity index (χ4v) is 3.04. The summed E-state index contributed by atoms with van der Waals surface area (Å²) in [4.78, 5) is 0. The Labute approximate surface area is 122 Å². The number of halogens is 2. The van der Waals surface area contributed by atoms with Crippen LogP contribution in [-0.4, -0.2) is 0 Å². The van der Waals surface area contributed by atoms with Gasteiger partial charge in [-0.05, 0) is 0 Å². The van der Waals surface area contributed by atoms with Gasteiger partial charge in [0.1, 0.15) is 0 Å². The quantitative estimate of drug-likeness (QED) is 0.747. The maximum Gasteiger partial charge on any atom is -0.269 e. The van der Waals surface area contributed by atoms with Crippen molar-refractivity contribution >= 4 is 0 Å². The van der Waals surface area contributed by atoms with E-state index in [-0.39, 0.29) is 14.8 Å². The molecule has 0 aromatic heterocycles. The predicted molar refractivity (Wildman–Crippen MR) is 72.6 cm³/mol. The molecule has 0 aliphatic heterocycles. The van der Waals surface area contributed by atoms with E-state index in [1.807, 2.05) is 0 Å². The Kier molecular flexibility index (Phi) is 7.24. The van der Waals surface area contributed by atoms with Gasteiger partial charge in [-0.15, -0.1) is 0 Å². The van der Waals surface area contributed by atoms with E-state index in [9.17, 15) is 0 Å². The molecular weight excluding hydrogens is 282 g/mol. The molecule has 0 radical (unpaired) electrons. The SMILES string of the molecule is CC(C)(C)c1ccccc1[O][Ti][C]1=CC=CC1.F.F. The summed E-state index contributed by atoms with van der Waals surface area (Å²) in [6.45, 7) is 6.68. The molecule has 0 heterocycles. The van der Waals surface area contributed by atoms with Gasteiger partial charge in [0.25, 0.3) is 0 Å². The Hall–Kier alpha value is -0.926. The molecule has 1 aliphatic carbocycles. The number of hydrogen-bond donors (Lipinski definition) is 0. The van der Waals surface area contributed by atoms with Crippen molar-refractivity contribution in [3.05, 3.63) is 51.9 Å². The van der Waals surface area contributed by atoms with Crippen molar-refractivity contribution in [1.82, 2.24) is 0 Å². The monoisotopic (exact) mass is 302 g/mol. The minimum atomic E-state index is -0.463. The summed E-state index contributed by atoms with van der Waals surface area (Å²) < 4.78 is 7.53. The van der Waals surface area contributed by atoms with E-state index in [4.69, 9.17) is 3.32 Å². The second-order valence-corrected chi connectivity index (χ2v) is 6.91. The van der Waals surface area contributed by atoms with Crippen LogP contribution in [0.3, 0.4) is 0 Å². The van der Waals surface area contributed by atoms with Crippen LogP contribution < -0.4 is 3.32 Å². The molecule has 1 aliphatic rings. The van der Waals surface area contributed by atoms with Gasteiger partial charge in [0.15, 0.2) is 0 Å². The Morgan fingerprint density at radius 3 is 2.37 bits per heavy atom. The molecule has 0 saturated heterocycles. The average molecular weight is 302 g/mol. The zero-order valence-corrected chi connectivity index (χ0v) is 13.0. The van der Waals surface area contributed by atoms with Gasteiger partial charge in [-0.25, -0.2) is 0 Å². The second kappa shape index (κ2) is 7.61. The number of hydrogen-bond acceptors (Lipinski definition) is 1. The van der Waals surface area contributed by atoms with Crippen molar-refractivity contribution in [3.63, 3.8) is 0 Å². The molecule has 0 saturated carbocycles. The maximum atomic E-state index is 6.06. The predicted octanol–water partition coefficient (Wildman–Crippen LogP) is 4.51. The maximum absolute atomic E-state index is 6.06. The zero-order chi connectivity index (χ0) is 12.3. The average Bonchev–Trinajstić information content (AvgIpc) is 2.78. The summed E-state index contributed by atoms with van der Waals surface area (Å²) >= 11 is -0.463. The molecule has 0 unspecified atom stereocenters. The summed E-state index contributed by atoms with van der Waals surface area (Å²) in [6, 6.07) is 8.40. The van der Waals surface area contributed by atoms with Crippen molar-refractivity contribution in [2.45, 2.75) is 32.6 Å². The molecule has 1 aromatic rings. The zero-order valence-electron chi connectivity index (χ0n) is 11.5. The van der Waals surface area contributed by atoms with E-state index in [0.29, 0.717) is 0 Å². The molecule has 1 aromatic carbocycles. The van der Waals surface area contributed by atoms with Gasteiger partial charge in [-0.2, -0.15) is 0 Å². The van der Waals surface area contributed by atoms with Crippen LogP contribution in [0.5, 0.6) is 5.75 Å². The topological polar surface area (TPSA) is 9.23 Å². The third kappa shape index (κ3) is 4.92. The number of rotatable bonds is 3. The molecule has 1 nitrogen and oxygen atoms in total. The molecule has 0 amide bonds. The Morgan fingerprint density at radius 2 is 1.79 bits per heavy atom. The fraction of sp³-hybridized carbons (Fsp3) is 0.333. The minimum Gasteiger partial charge on any atom is -0.269 e. The van der Waals surface area contributed by atoms with Gasteiger partial charge >= 0.3 is 113 Å². The third-order valence-corrected chi connectivity index (χ3v) is 4.25. The Balaban J connectivity index is 0.00000162. The molecule has 0 spiro atoms. The van der Waals surface area contributed by atoms with Gasteiger partial charge in [0.2, 0.25) is 0 Å². The first-order chi connectivity index (χ1) is 8.07. The molecule has 0 fully saturated rings. The first kappa shape index (κ1) is 18.1. The number of benzene rings is 1. The first-order valence-electron chi connectivity index (χ1n) is 5.95. The van der Waals surface area contributed by atoms with E-state index < -0.39 is 19.5 Å². The first-order valence-corrected chi connectivity index (χ1v) is 7.37. The minimum absolute atomic E-state index is 0. The van der Waals surface area contributed by atoms with Crippen molar-refractivity contribution in [2.24, 2.45) is 0 Å². The molecular formula is C15H20F2OTi. The van der Waals surface area contributed by atoms with E-state index in [2.05, 4.69) is 63.3 Å². The molecule has 0 N–H and O–H groups in total. The molecule has 19 heavy (non-hydrogen) atoms. The van der Waals surface area contributed by atoms with Gasteiger partial charge in [-0.1, -0.05) is 0 Å². The van der Waals surface area contributed by atoms with Crippen LogP contribution in [0.15, 0.2) is 46.4 Å². The van der Waals surface area contributed by atoms with Crippen molar-refractivity contribution in [3.8, 4) is 5.75 Å². The van der Waals surface area contributed by atoms with Crippen LogP contribution in [-0.2, 0) is 25.0 Å². The van der Waals surface area contributed by atoms with Gasteiger partial charge in [0.05, 0.1) is 0 Å². The second-order valence-electron chi connectivity index (χ2n) is 5.27. The van der Waals surface area contributed by atoms with Crippen molar-refractivity contribution in [1.29, 1.82) is 0 Å². The molecule has 2 rings (SSSR count).